The summed E-state index contributed by atoms with van der Waals surface area (Å²) in [6, 6.07) is 21.6. The van der Waals surface area contributed by atoms with Crippen molar-refractivity contribution in [3.05, 3.63) is 84.5 Å². The van der Waals surface area contributed by atoms with E-state index in [1.54, 1.807) is 20.1 Å². The number of methoxy groups -OCH3 is 1. The zero-order valence-electron chi connectivity index (χ0n) is 30.3. The Bertz CT molecular complexity index is 1200. The van der Waals surface area contributed by atoms with Gasteiger partial charge in [-0.3, -0.25) is 0 Å². The maximum absolute atomic E-state index is 11.9. The fraction of sp³-hybridized carbons (Fsp3) is 0.553. The molecule has 250 valence electrons. The Labute approximate surface area is 276 Å². The lowest BCUT2D eigenvalue weighted by atomic mass is 9.89. The predicted molar refractivity (Wildman–Crippen MR) is 194 cm³/mol. The molecule has 2 aromatic rings. The van der Waals surface area contributed by atoms with E-state index in [4.69, 9.17) is 18.3 Å². The minimum Gasteiger partial charge on any atom is -0.463 e. The standard InChI is InChI=1S/C38H60O5Si2/c1-14-41-35(39)26-25-29(2)27-34(40-11)31(4)36(43-44(12,13)37(5,6)7)30(3)28-42-45(38(8,9)10,32-21-17-15-18-22-32)33-23-19-16-20-24-33/h15-27,30-31,34,36H,14,28H2,1-13H3/b26-25+,29-27+/t30-,31-,34-,36-/m1/s1. The average molecular weight is 653 g/mol. The van der Waals surface area contributed by atoms with Gasteiger partial charge in [-0.1, -0.05) is 134 Å². The number of allylic oxidation sites excluding steroid dienone is 2. The highest BCUT2D eigenvalue weighted by Gasteiger charge is 2.51. The number of benzene rings is 2. The van der Waals surface area contributed by atoms with Crippen molar-refractivity contribution in [2.24, 2.45) is 11.8 Å². The first-order chi connectivity index (χ1) is 20.9. The van der Waals surface area contributed by atoms with E-state index in [2.05, 4.69) is 135 Å². The quantitative estimate of drug-likeness (QED) is 0.0839. The van der Waals surface area contributed by atoms with E-state index in [-0.39, 0.29) is 40.1 Å². The monoisotopic (exact) mass is 652 g/mol. The Balaban J connectivity index is 2.56. The minimum atomic E-state index is -2.72. The van der Waals surface area contributed by atoms with Crippen molar-refractivity contribution < 1.29 is 23.1 Å². The van der Waals surface area contributed by atoms with Crippen LogP contribution in [0.1, 0.15) is 69.2 Å². The Kier molecular flexibility index (Phi) is 14.3. The van der Waals surface area contributed by atoms with Crippen LogP contribution in [0.4, 0.5) is 0 Å². The van der Waals surface area contributed by atoms with Crippen molar-refractivity contribution in [3.63, 3.8) is 0 Å². The lowest BCUT2D eigenvalue weighted by molar-refractivity contribution is -0.137. The topological polar surface area (TPSA) is 54.0 Å². The molecule has 7 heteroatoms. The van der Waals surface area contributed by atoms with E-state index in [1.165, 1.54) is 16.4 Å². The Morgan fingerprint density at radius 3 is 1.78 bits per heavy atom. The molecule has 0 saturated heterocycles. The summed E-state index contributed by atoms with van der Waals surface area (Å²) in [5.41, 5.74) is 0.934. The smallest absolute Gasteiger partial charge is 0.330 e. The molecule has 45 heavy (non-hydrogen) atoms. The Morgan fingerprint density at radius 1 is 0.844 bits per heavy atom. The zero-order chi connectivity index (χ0) is 34.1. The van der Waals surface area contributed by atoms with Gasteiger partial charge in [-0.25, -0.2) is 4.79 Å². The van der Waals surface area contributed by atoms with Crippen LogP contribution in [0.2, 0.25) is 23.2 Å². The molecule has 0 fully saturated rings. The molecule has 0 aliphatic heterocycles. The highest BCUT2D eigenvalue weighted by Crippen LogP contribution is 2.41. The van der Waals surface area contributed by atoms with Crippen molar-refractivity contribution in [1.82, 2.24) is 0 Å². The summed E-state index contributed by atoms with van der Waals surface area (Å²) in [4.78, 5) is 11.9. The van der Waals surface area contributed by atoms with Gasteiger partial charge in [0.05, 0.1) is 18.8 Å². The van der Waals surface area contributed by atoms with Gasteiger partial charge in [-0.2, -0.15) is 0 Å². The first kappa shape index (κ1) is 38.9. The molecule has 5 nitrogen and oxygen atoms in total. The van der Waals surface area contributed by atoms with Crippen molar-refractivity contribution >= 4 is 33.0 Å². The first-order valence-corrected chi connectivity index (χ1v) is 21.2. The second-order valence-electron chi connectivity index (χ2n) is 14.8. The number of carbonyl (C=O) groups excluding carboxylic acids is 1. The molecule has 0 spiro atoms. The molecule has 0 heterocycles. The Morgan fingerprint density at radius 2 is 1.36 bits per heavy atom. The van der Waals surface area contributed by atoms with Crippen LogP contribution in [-0.4, -0.2) is 55.1 Å². The predicted octanol–water partition coefficient (Wildman–Crippen LogP) is 8.31. The summed E-state index contributed by atoms with van der Waals surface area (Å²) >= 11 is 0. The van der Waals surface area contributed by atoms with Gasteiger partial charge < -0.3 is 18.3 Å². The molecule has 0 unspecified atom stereocenters. The van der Waals surface area contributed by atoms with Crippen molar-refractivity contribution in [3.8, 4) is 0 Å². The molecule has 0 aromatic heterocycles. The van der Waals surface area contributed by atoms with Gasteiger partial charge in [-0.15, -0.1) is 0 Å². The minimum absolute atomic E-state index is 0.0211. The lowest BCUT2D eigenvalue weighted by Gasteiger charge is -2.46. The third-order valence-corrected chi connectivity index (χ3v) is 18.8. The van der Waals surface area contributed by atoms with Gasteiger partial charge in [-0.05, 0) is 47.4 Å². The molecule has 4 atom stereocenters. The summed E-state index contributed by atoms with van der Waals surface area (Å²) in [6.07, 6.45) is 5.00. The molecule has 0 saturated carbocycles. The summed E-state index contributed by atoms with van der Waals surface area (Å²) < 4.78 is 25.8. The maximum Gasteiger partial charge on any atom is 0.330 e. The first-order valence-electron chi connectivity index (χ1n) is 16.4. The SMILES string of the molecule is CCOC(=O)/C=C/C(C)=C/[C@@H](OC)[C@@H](C)[C@H](O[Si](C)(C)C(C)(C)C)[C@H](C)CO[Si](c1ccccc1)(c1ccccc1)C(C)(C)C. The maximum atomic E-state index is 11.9. The molecule has 0 N–H and O–H groups in total. The summed E-state index contributed by atoms with van der Waals surface area (Å²) in [7, 11) is -3.14. The van der Waals surface area contributed by atoms with Crippen LogP contribution in [-0.2, 0) is 23.1 Å². The number of ether oxygens (including phenoxy) is 2. The van der Waals surface area contributed by atoms with Crippen LogP contribution in [0.25, 0.3) is 0 Å². The van der Waals surface area contributed by atoms with Crippen LogP contribution in [0.5, 0.6) is 0 Å². The number of hydrogen-bond acceptors (Lipinski definition) is 5. The highest BCUT2D eigenvalue weighted by atomic mass is 28.4. The van der Waals surface area contributed by atoms with E-state index in [1.807, 2.05) is 6.92 Å². The Hall–Kier alpha value is -2.30. The normalized spacial score (nSPS) is 16.3. The van der Waals surface area contributed by atoms with E-state index < -0.39 is 16.6 Å². The van der Waals surface area contributed by atoms with Crippen LogP contribution >= 0.6 is 0 Å². The molecular weight excluding hydrogens is 593 g/mol. The molecule has 0 bridgehead atoms. The third-order valence-electron chi connectivity index (χ3n) is 9.28. The average Bonchev–Trinajstić information content (AvgIpc) is 2.97. The van der Waals surface area contributed by atoms with Gasteiger partial charge >= 0.3 is 5.97 Å². The zero-order valence-corrected chi connectivity index (χ0v) is 32.3. The lowest BCUT2D eigenvalue weighted by Crippen LogP contribution is -2.67. The van der Waals surface area contributed by atoms with E-state index >= 15 is 0 Å². The molecular formula is C38H60O5Si2. The molecule has 0 aliphatic carbocycles. The summed E-state index contributed by atoms with van der Waals surface area (Å²) in [5.74, 6) is -0.245. The molecule has 0 aliphatic rings. The summed E-state index contributed by atoms with van der Waals surface area (Å²) in [5, 5.41) is 2.47. The second kappa shape index (κ2) is 16.5. The van der Waals surface area contributed by atoms with Gasteiger partial charge in [0.25, 0.3) is 8.32 Å². The highest BCUT2D eigenvalue weighted by molar-refractivity contribution is 6.99. The van der Waals surface area contributed by atoms with E-state index in [0.717, 1.165) is 5.57 Å². The second-order valence-corrected chi connectivity index (χ2v) is 23.9. The van der Waals surface area contributed by atoms with Crippen molar-refractivity contribution in [1.29, 1.82) is 0 Å². The van der Waals surface area contributed by atoms with Crippen LogP contribution < -0.4 is 10.4 Å². The van der Waals surface area contributed by atoms with Crippen molar-refractivity contribution in [2.45, 2.75) is 105 Å². The van der Waals surface area contributed by atoms with Gasteiger partial charge in [0.1, 0.15) is 0 Å². The molecule has 0 radical (unpaired) electrons. The molecule has 2 aromatic carbocycles. The van der Waals surface area contributed by atoms with Gasteiger partial charge in [0.2, 0.25) is 0 Å². The third kappa shape index (κ3) is 10.1. The fourth-order valence-corrected chi connectivity index (χ4v) is 11.8. The van der Waals surface area contributed by atoms with Crippen LogP contribution in [0.15, 0.2) is 84.5 Å². The number of esters is 1. The number of rotatable bonds is 15. The molecule has 2 rings (SSSR count). The number of carbonyl (C=O) groups is 1. The fourth-order valence-electron chi connectivity index (χ4n) is 5.70. The van der Waals surface area contributed by atoms with Gasteiger partial charge in [0, 0.05) is 31.6 Å². The van der Waals surface area contributed by atoms with Gasteiger partial charge in [0.15, 0.2) is 8.32 Å². The van der Waals surface area contributed by atoms with E-state index in [9.17, 15) is 4.79 Å². The summed E-state index contributed by atoms with van der Waals surface area (Å²) in [6.45, 7) is 27.6. The van der Waals surface area contributed by atoms with Crippen LogP contribution in [0.3, 0.4) is 0 Å². The van der Waals surface area contributed by atoms with Crippen molar-refractivity contribution in [2.75, 3.05) is 20.3 Å². The van der Waals surface area contributed by atoms with Crippen LogP contribution in [0, 0.1) is 11.8 Å². The van der Waals surface area contributed by atoms with E-state index in [0.29, 0.717) is 13.2 Å². The largest absolute Gasteiger partial charge is 0.463 e. The molecule has 0 amide bonds. The number of hydrogen-bond donors (Lipinski definition) is 0.